The Morgan fingerprint density at radius 1 is 1.32 bits per heavy atom. The molecule has 0 fully saturated rings. The van der Waals surface area contributed by atoms with Gasteiger partial charge in [0.15, 0.2) is 11.7 Å². The lowest BCUT2D eigenvalue weighted by atomic mass is 10.1. The summed E-state index contributed by atoms with van der Waals surface area (Å²) in [4.78, 5) is 21.2. The maximum Gasteiger partial charge on any atom is 0.382 e. The Kier molecular flexibility index (Phi) is 6.18. The van der Waals surface area contributed by atoms with E-state index in [9.17, 15) is 9.59 Å². The SMILES string of the molecule is CC(=O)c1ccc(C#CC(=O)O)c(N)c1.N=C(N)N. The maximum absolute atomic E-state index is 11.0. The van der Waals surface area contributed by atoms with Gasteiger partial charge in [0.2, 0.25) is 0 Å². The minimum atomic E-state index is -1.22. The topological polar surface area (TPSA) is 156 Å². The van der Waals surface area contributed by atoms with Gasteiger partial charge in [0.05, 0.1) is 0 Å². The molecule has 1 aromatic rings. The summed E-state index contributed by atoms with van der Waals surface area (Å²) in [6, 6.07) is 4.57. The lowest BCUT2D eigenvalue weighted by Crippen LogP contribution is -2.20. The van der Waals surface area contributed by atoms with Crippen LogP contribution in [0.4, 0.5) is 5.69 Å². The molecule has 0 heterocycles. The first-order valence-electron chi connectivity index (χ1n) is 4.99. The molecule has 0 aromatic heterocycles. The molecule has 7 nitrogen and oxygen atoms in total. The van der Waals surface area contributed by atoms with Gasteiger partial charge in [0, 0.05) is 22.7 Å². The van der Waals surface area contributed by atoms with E-state index in [4.69, 9.17) is 16.2 Å². The number of nitrogen functional groups attached to an aromatic ring is 1. The Morgan fingerprint density at radius 2 is 1.84 bits per heavy atom. The highest BCUT2D eigenvalue weighted by atomic mass is 16.4. The van der Waals surface area contributed by atoms with Crippen LogP contribution in [0.1, 0.15) is 22.8 Å². The molecule has 0 spiro atoms. The molecule has 100 valence electrons. The van der Waals surface area contributed by atoms with E-state index in [0.29, 0.717) is 16.8 Å². The van der Waals surface area contributed by atoms with E-state index in [1.54, 1.807) is 6.07 Å². The molecular formula is C12H14N4O3. The minimum absolute atomic E-state index is 0.0977. The van der Waals surface area contributed by atoms with Gasteiger partial charge in [-0.05, 0) is 19.1 Å². The van der Waals surface area contributed by atoms with E-state index < -0.39 is 5.97 Å². The highest BCUT2D eigenvalue weighted by Gasteiger charge is 2.02. The molecule has 0 radical (unpaired) electrons. The van der Waals surface area contributed by atoms with Crippen LogP contribution in [-0.2, 0) is 4.79 Å². The van der Waals surface area contributed by atoms with E-state index >= 15 is 0 Å². The third-order valence-corrected chi connectivity index (χ3v) is 1.76. The summed E-state index contributed by atoms with van der Waals surface area (Å²) in [5.74, 6) is 2.70. The number of guanidine groups is 1. The smallest absolute Gasteiger partial charge is 0.382 e. The molecule has 0 unspecified atom stereocenters. The van der Waals surface area contributed by atoms with Crippen molar-refractivity contribution < 1.29 is 14.7 Å². The Bertz CT molecular complexity index is 566. The fraction of sp³-hybridized carbons (Fsp3) is 0.0833. The van der Waals surface area contributed by atoms with E-state index in [1.165, 1.54) is 19.1 Å². The van der Waals surface area contributed by atoms with Crippen LogP contribution in [0.2, 0.25) is 0 Å². The van der Waals surface area contributed by atoms with E-state index in [-0.39, 0.29) is 11.7 Å². The zero-order chi connectivity index (χ0) is 15.0. The third kappa shape index (κ3) is 7.01. The normalized spacial score (nSPS) is 8.26. The van der Waals surface area contributed by atoms with E-state index in [1.807, 2.05) is 5.92 Å². The van der Waals surface area contributed by atoms with Crippen molar-refractivity contribution >= 4 is 23.4 Å². The van der Waals surface area contributed by atoms with E-state index in [2.05, 4.69) is 17.4 Å². The van der Waals surface area contributed by atoms with Crippen molar-refractivity contribution in [1.29, 1.82) is 5.41 Å². The largest absolute Gasteiger partial charge is 0.472 e. The van der Waals surface area contributed by atoms with Gasteiger partial charge in [-0.3, -0.25) is 10.2 Å². The van der Waals surface area contributed by atoms with Crippen molar-refractivity contribution in [3.63, 3.8) is 0 Å². The van der Waals surface area contributed by atoms with Crippen LogP contribution in [-0.4, -0.2) is 22.8 Å². The highest BCUT2D eigenvalue weighted by Crippen LogP contribution is 2.13. The van der Waals surface area contributed by atoms with Gasteiger partial charge in [0.25, 0.3) is 0 Å². The van der Waals surface area contributed by atoms with Crippen LogP contribution in [0.25, 0.3) is 0 Å². The third-order valence-electron chi connectivity index (χ3n) is 1.76. The van der Waals surface area contributed by atoms with Gasteiger partial charge in [-0.1, -0.05) is 12.0 Å². The molecule has 0 saturated carbocycles. The van der Waals surface area contributed by atoms with Gasteiger partial charge < -0.3 is 22.3 Å². The predicted octanol–water partition coefficient (Wildman–Crippen LogP) is -0.254. The molecule has 8 N–H and O–H groups in total. The Hall–Kier alpha value is -3.01. The lowest BCUT2D eigenvalue weighted by Gasteiger charge is -2.00. The summed E-state index contributed by atoms with van der Waals surface area (Å²) >= 11 is 0. The number of hydrogen-bond acceptors (Lipinski definition) is 4. The monoisotopic (exact) mass is 262 g/mol. The fourth-order valence-electron chi connectivity index (χ4n) is 1.02. The first-order chi connectivity index (χ1) is 8.73. The van der Waals surface area contributed by atoms with Crippen LogP contribution >= 0.6 is 0 Å². The molecule has 0 aliphatic heterocycles. The molecular weight excluding hydrogens is 248 g/mol. The second-order valence-electron chi connectivity index (χ2n) is 3.37. The van der Waals surface area contributed by atoms with Gasteiger partial charge in [-0.15, -0.1) is 0 Å². The van der Waals surface area contributed by atoms with Crippen LogP contribution in [0.3, 0.4) is 0 Å². The fourth-order valence-corrected chi connectivity index (χ4v) is 1.02. The number of carbonyl (C=O) groups excluding carboxylic acids is 1. The Labute approximate surface area is 109 Å². The molecule has 0 atom stereocenters. The number of nitrogens with two attached hydrogens (primary N) is 3. The molecule has 19 heavy (non-hydrogen) atoms. The van der Waals surface area contributed by atoms with Crippen molar-refractivity contribution in [2.75, 3.05) is 5.73 Å². The van der Waals surface area contributed by atoms with Crippen LogP contribution in [0, 0.1) is 17.3 Å². The molecule has 0 bridgehead atoms. The molecule has 1 aromatic carbocycles. The number of nitrogens with one attached hydrogen (secondary N) is 1. The number of carboxylic acids is 1. The number of ketones is 1. The average Bonchev–Trinajstić information content (AvgIpc) is 2.26. The average molecular weight is 262 g/mol. The number of anilines is 1. The molecule has 0 aliphatic carbocycles. The number of carbonyl (C=O) groups is 2. The van der Waals surface area contributed by atoms with Gasteiger partial charge in [0.1, 0.15) is 0 Å². The number of rotatable bonds is 1. The molecule has 0 amide bonds. The van der Waals surface area contributed by atoms with Crippen molar-refractivity contribution in [1.82, 2.24) is 0 Å². The van der Waals surface area contributed by atoms with Crippen LogP contribution < -0.4 is 17.2 Å². The highest BCUT2D eigenvalue weighted by molar-refractivity contribution is 5.95. The quantitative estimate of drug-likeness (QED) is 0.154. The number of Topliss-reactive ketones (excluding diaryl/α,β-unsaturated/α-hetero) is 1. The summed E-state index contributed by atoms with van der Waals surface area (Å²) in [6.07, 6.45) is 0. The predicted molar refractivity (Wildman–Crippen MR) is 71.5 cm³/mol. The van der Waals surface area contributed by atoms with E-state index in [0.717, 1.165) is 0 Å². The summed E-state index contributed by atoms with van der Waals surface area (Å²) in [7, 11) is 0. The van der Waals surface area contributed by atoms with Crippen molar-refractivity contribution in [3.05, 3.63) is 29.3 Å². The van der Waals surface area contributed by atoms with Crippen LogP contribution in [0.5, 0.6) is 0 Å². The molecule has 0 aliphatic rings. The summed E-state index contributed by atoms with van der Waals surface area (Å²) in [6.45, 7) is 1.43. The minimum Gasteiger partial charge on any atom is -0.472 e. The second-order valence-corrected chi connectivity index (χ2v) is 3.37. The van der Waals surface area contributed by atoms with Crippen LogP contribution in [0.15, 0.2) is 18.2 Å². The lowest BCUT2D eigenvalue weighted by molar-refractivity contribution is -0.130. The number of aliphatic carboxylic acids is 1. The zero-order valence-corrected chi connectivity index (χ0v) is 10.2. The summed E-state index contributed by atoms with van der Waals surface area (Å²) in [5, 5.41) is 14.4. The van der Waals surface area contributed by atoms with Gasteiger partial charge in [-0.25, -0.2) is 4.79 Å². The summed E-state index contributed by atoms with van der Waals surface area (Å²) < 4.78 is 0. The van der Waals surface area contributed by atoms with Crippen molar-refractivity contribution in [2.45, 2.75) is 6.92 Å². The maximum atomic E-state index is 11.0. The van der Waals surface area contributed by atoms with Crippen molar-refractivity contribution in [3.8, 4) is 11.8 Å². The van der Waals surface area contributed by atoms with Gasteiger partial charge in [-0.2, -0.15) is 0 Å². The summed E-state index contributed by atoms with van der Waals surface area (Å²) in [5.41, 5.74) is 15.7. The molecule has 7 heteroatoms. The Balaban J connectivity index is 0.000000711. The number of carboxylic acid groups (broad SMARTS) is 1. The number of hydrogen-bond donors (Lipinski definition) is 5. The van der Waals surface area contributed by atoms with Crippen molar-refractivity contribution in [2.24, 2.45) is 11.5 Å². The zero-order valence-electron chi connectivity index (χ0n) is 10.2. The molecule has 1 rings (SSSR count). The Morgan fingerprint density at radius 3 is 2.21 bits per heavy atom. The van der Waals surface area contributed by atoms with Gasteiger partial charge >= 0.3 is 5.97 Å². The first kappa shape index (κ1) is 16.0. The standard InChI is InChI=1S/C11H9NO3.CH5N3/c1-7(13)9-3-2-8(10(12)6-9)4-5-11(14)15;2-1(3)4/h2-3,6H,12H2,1H3,(H,14,15);(H5,2,3,4). The first-order valence-corrected chi connectivity index (χ1v) is 4.99. The molecule has 0 saturated heterocycles. The second kappa shape index (κ2) is 7.34. The number of benzene rings is 1.